The normalized spacial score (nSPS) is 12.3. The second-order valence-corrected chi connectivity index (χ2v) is 7.64. The van der Waals surface area contributed by atoms with Crippen LogP contribution in [-0.4, -0.2) is 64.1 Å². The van der Waals surface area contributed by atoms with Gasteiger partial charge in [0.15, 0.2) is 0 Å². The highest BCUT2D eigenvalue weighted by Gasteiger charge is 2.26. The summed E-state index contributed by atoms with van der Waals surface area (Å²) in [5.41, 5.74) is 0.558. The molecule has 9 nitrogen and oxygen atoms in total. The molecule has 0 aliphatic carbocycles. The summed E-state index contributed by atoms with van der Waals surface area (Å²) in [4.78, 5) is 25.6. The van der Waals surface area contributed by atoms with Crippen LogP contribution in [0.4, 0.5) is 10.5 Å². The number of methoxy groups -OCH3 is 1. The Morgan fingerprint density at radius 2 is 1.93 bits per heavy atom. The topological polar surface area (TPSA) is 125 Å². The third kappa shape index (κ3) is 7.94. The van der Waals surface area contributed by atoms with E-state index < -0.39 is 28.1 Å². The molecule has 3 N–H and O–H groups in total. The molecule has 0 bridgehead atoms. The summed E-state index contributed by atoms with van der Waals surface area (Å²) in [6.07, 6.45) is 1.14. The number of carbonyl (C=O) groups is 2. The van der Waals surface area contributed by atoms with Crippen molar-refractivity contribution in [1.29, 1.82) is 0 Å². The molecule has 0 aliphatic heterocycles. The summed E-state index contributed by atoms with van der Waals surface area (Å²) in [5, 5.41) is 11.7. The maximum atomic E-state index is 12.5. The molecule has 0 aliphatic rings. The fourth-order valence-corrected chi connectivity index (χ4v) is 3.67. The molecule has 1 atom stereocenters. The molecular weight excluding hydrogens is 374 g/mol. The Hall–Kier alpha value is -2.17. The fourth-order valence-electron chi connectivity index (χ4n) is 2.27. The van der Waals surface area contributed by atoms with Gasteiger partial charge in [0.2, 0.25) is 10.0 Å². The summed E-state index contributed by atoms with van der Waals surface area (Å²) < 4.78 is 31.0. The van der Waals surface area contributed by atoms with Crippen molar-refractivity contribution < 1.29 is 27.9 Å². The minimum Gasteiger partial charge on any atom is -0.468 e. The first kappa shape index (κ1) is 22.9. The Morgan fingerprint density at radius 1 is 1.26 bits per heavy atom. The Bertz CT molecular complexity index is 696. The van der Waals surface area contributed by atoms with Crippen molar-refractivity contribution in [2.45, 2.75) is 25.8 Å². The highest BCUT2D eigenvalue weighted by molar-refractivity contribution is 7.89. The molecule has 1 aromatic rings. The third-order valence-corrected chi connectivity index (χ3v) is 5.14. The van der Waals surface area contributed by atoms with Crippen molar-refractivity contribution in [3.8, 4) is 0 Å². The van der Waals surface area contributed by atoms with Crippen LogP contribution in [0.5, 0.6) is 0 Å². The maximum Gasteiger partial charge on any atom is 0.325 e. The lowest BCUT2D eigenvalue weighted by Gasteiger charge is -2.24. The summed E-state index contributed by atoms with van der Waals surface area (Å²) in [6, 6.07) is 6.85. The minimum absolute atomic E-state index is 0.0426. The summed E-state index contributed by atoms with van der Waals surface area (Å²) in [6.45, 7) is 1.35. The monoisotopic (exact) mass is 401 g/mol. The molecule has 1 unspecified atom stereocenters. The van der Waals surface area contributed by atoms with Crippen LogP contribution >= 0.6 is 0 Å². The van der Waals surface area contributed by atoms with Crippen LogP contribution in [0.1, 0.15) is 19.8 Å². The van der Waals surface area contributed by atoms with Gasteiger partial charge < -0.3 is 15.2 Å². The van der Waals surface area contributed by atoms with Gasteiger partial charge in [-0.1, -0.05) is 31.5 Å². The smallest absolute Gasteiger partial charge is 0.325 e. The second kappa shape index (κ2) is 11.5. The predicted octanol–water partition coefficient (Wildman–Crippen LogP) is 0.456. The highest BCUT2D eigenvalue weighted by Crippen LogP contribution is 2.12. The number of anilines is 1. The van der Waals surface area contributed by atoms with Crippen molar-refractivity contribution in [3.05, 3.63) is 30.3 Å². The van der Waals surface area contributed by atoms with E-state index in [9.17, 15) is 23.1 Å². The van der Waals surface area contributed by atoms with E-state index in [1.54, 1.807) is 30.3 Å². The fraction of sp³-hybridized carbons (Fsp3) is 0.529. The van der Waals surface area contributed by atoms with Gasteiger partial charge in [0.1, 0.15) is 6.04 Å². The average molecular weight is 401 g/mol. The zero-order chi connectivity index (χ0) is 20.3. The lowest BCUT2D eigenvalue weighted by atomic mass is 10.3. The number of unbranched alkanes of at least 4 members (excludes halogenated alkanes) is 1. The average Bonchev–Trinajstić information content (AvgIpc) is 2.67. The Kier molecular flexibility index (Phi) is 9.76. The van der Waals surface area contributed by atoms with Gasteiger partial charge in [0, 0.05) is 12.2 Å². The molecule has 0 fully saturated rings. The molecule has 2 amide bonds. The molecule has 27 heavy (non-hydrogen) atoms. The number of hydrogen-bond acceptors (Lipinski definition) is 6. The Labute approximate surface area is 159 Å². The SMILES string of the molecule is CCCCS(=O)(=O)NC(CNC(=O)N(CCO)c1ccccc1)C(=O)OC. The third-order valence-electron chi connectivity index (χ3n) is 3.67. The van der Waals surface area contributed by atoms with Crippen LogP contribution in [-0.2, 0) is 19.6 Å². The van der Waals surface area contributed by atoms with Gasteiger partial charge in [-0.05, 0) is 18.6 Å². The first-order chi connectivity index (χ1) is 12.8. The number of ether oxygens (including phenoxy) is 1. The van der Waals surface area contributed by atoms with Crippen LogP contribution in [0, 0.1) is 0 Å². The molecule has 0 spiro atoms. The van der Waals surface area contributed by atoms with Crippen molar-refractivity contribution in [1.82, 2.24) is 10.0 Å². The summed E-state index contributed by atoms with van der Waals surface area (Å²) >= 11 is 0. The number of aliphatic hydroxyl groups is 1. The van der Waals surface area contributed by atoms with E-state index in [1.165, 1.54) is 4.90 Å². The summed E-state index contributed by atoms with van der Waals surface area (Å²) in [7, 11) is -2.55. The Balaban J connectivity index is 2.80. The zero-order valence-electron chi connectivity index (χ0n) is 15.6. The molecule has 0 aromatic heterocycles. The lowest BCUT2D eigenvalue weighted by Crippen LogP contribution is -2.52. The van der Waals surface area contributed by atoms with E-state index in [0.29, 0.717) is 18.5 Å². The van der Waals surface area contributed by atoms with Gasteiger partial charge in [-0.15, -0.1) is 0 Å². The Morgan fingerprint density at radius 3 is 2.48 bits per heavy atom. The van der Waals surface area contributed by atoms with Gasteiger partial charge in [-0.2, -0.15) is 4.72 Å². The highest BCUT2D eigenvalue weighted by atomic mass is 32.2. The number of hydrogen-bond donors (Lipinski definition) is 3. The van der Waals surface area contributed by atoms with E-state index >= 15 is 0 Å². The number of nitrogens with one attached hydrogen (secondary N) is 2. The largest absolute Gasteiger partial charge is 0.468 e. The number of nitrogens with zero attached hydrogens (tertiary/aromatic N) is 1. The first-order valence-corrected chi connectivity index (χ1v) is 10.3. The van der Waals surface area contributed by atoms with Crippen molar-refractivity contribution in [3.63, 3.8) is 0 Å². The van der Waals surface area contributed by atoms with Crippen LogP contribution in [0.15, 0.2) is 30.3 Å². The van der Waals surface area contributed by atoms with E-state index in [1.807, 2.05) is 6.92 Å². The molecule has 152 valence electrons. The standard InChI is InChI=1S/C17H27N3O6S/c1-3-4-12-27(24,25)19-15(16(22)26-2)13-18-17(23)20(10-11-21)14-8-6-5-7-9-14/h5-9,15,19,21H,3-4,10-13H2,1-2H3,(H,18,23). The molecule has 0 radical (unpaired) electrons. The van der Waals surface area contributed by atoms with Crippen molar-refractivity contribution in [2.75, 3.05) is 37.5 Å². The van der Waals surface area contributed by atoms with Crippen LogP contribution < -0.4 is 14.9 Å². The number of amides is 2. The van der Waals surface area contributed by atoms with Gasteiger partial charge in [-0.25, -0.2) is 13.2 Å². The first-order valence-electron chi connectivity index (χ1n) is 8.63. The zero-order valence-corrected chi connectivity index (χ0v) is 16.4. The molecular formula is C17H27N3O6S. The van der Waals surface area contributed by atoms with Gasteiger partial charge >= 0.3 is 12.0 Å². The van der Waals surface area contributed by atoms with Crippen LogP contribution in [0.3, 0.4) is 0 Å². The molecule has 10 heteroatoms. The number of carbonyl (C=O) groups excluding carboxylic acids is 2. The van der Waals surface area contributed by atoms with E-state index in [4.69, 9.17) is 0 Å². The number of sulfonamides is 1. The van der Waals surface area contributed by atoms with Crippen LogP contribution in [0.2, 0.25) is 0 Å². The number of benzene rings is 1. The number of aliphatic hydroxyl groups excluding tert-OH is 1. The quantitative estimate of drug-likeness (QED) is 0.463. The number of urea groups is 1. The lowest BCUT2D eigenvalue weighted by molar-refractivity contribution is -0.142. The number of para-hydroxylation sites is 1. The molecule has 0 saturated heterocycles. The van der Waals surface area contributed by atoms with Crippen LogP contribution in [0.25, 0.3) is 0 Å². The predicted molar refractivity (Wildman–Crippen MR) is 102 cm³/mol. The molecule has 1 rings (SSSR count). The molecule has 0 heterocycles. The van der Waals surface area contributed by atoms with Gasteiger partial charge in [0.25, 0.3) is 0 Å². The van der Waals surface area contributed by atoms with E-state index in [2.05, 4.69) is 14.8 Å². The number of rotatable bonds is 11. The van der Waals surface area contributed by atoms with E-state index in [-0.39, 0.29) is 25.4 Å². The maximum absolute atomic E-state index is 12.5. The summed E-state index contributed by atoms with van der Waals surface area (Å²) in [5.74, 6) is -0.921. The van der Waals surface area contributed by atoms with Crippen molar-refractivity contribution >= 4 is 27.7 Å². The van der Waals surface area contributed by atoms with Gasteiger partial charge in [-0.3, -0.25) is 9.69 Å². The minimum atomic E-state index is -3.68. The van der Waals surface area contributed by atoms with Gasteiger partial charge in [0.05, 0.1) is 26.0 Å². The number of esters is 1. The molecule has 0 saturated carbocycles. The second-order valence-electron chi connectivity index (χ2n) is 5.76. The van der Waals surface area contributed by atoms with E-state index in [0.717, 1.165) is 7.11 Å². The van der Waals surface area contributed by atoms with Crippen molar-refractivity contribution in [2.24, 2.45) is 0 Å². The molecule has 1 aromatic carbocycles.